The van der Waals surface area contributed by atoms with Crippen molar-refractivity contribution in [1.82, 2.24) is 4.98 Å². The fourth-order valence-corrected chi connectivity index (χ4v) is 2.37. The van der Waals surface area contributed by atoms with Crippen LogP contribution >= 0.6 is 0 Å². The Morgan fingerprint density at radius 2 is 1.95 bits per heavy atom. The number of likely N-dealkylation sites (N-methyl/N-ethyl adjacent to an activating group) is 1. The first-order valence-electron chi connectivity index (χ1n) is 6.25. The maximum atomic E-state index is 12.2. The summed E-state index contributed by atoms with van der Waals surface area (Å²) in [4.78, 5) is 20.1. The van der Waals surface area contributed by atoms with Gasteiger partial charge in [-0.05, 0) is 23.8 Å². The van der Waals surface area contributed by atoms with Crippen LogP contribution in [-0.2, 0) is 11.3 Å². The number of hydrogen-bond acceptors (Lipinski definition) is 3. The molecule has 0 bridgehead atoms. The van der Waals surface area contributed by atoms with E-state index >= 15 is 0 Å². The van der Waals surface area contributed by atoms with Crippen molar-refractivity contribution >= 4 is 17.3 Å². The van der Waals surface area contributed by atoms with Crippen molar-refractivity contribution in [2.24, 2.45) is 0 Å². The molecule has 1 amide bonds. The van der Waals surface area contributed by atoms with Crippen LogP contribution in [0, 0.1) is 0 Å². The number of para-hydroxylation sites is 2. The summed E-state index contributed by atoms with van der Waals surface area (Å²) in [6.45, 7) is 0.981. The van der Waals surface area contributed by atoms with Crippen LogP contribution in [0.3, 0.4) is 0 Å². The molecule has 0 spiro atoms. The first-order chi connectivity index (χ1) is 9.25. The molecule has 2 aromatic rings. The van der Waals surface area contributed by atoms with Crippen molar-refractivity contribution in [2.45, 2.75) is 6.54 Å². The molecule has 4 heteroatoms. The summed E-state index contributed by atoms with van der Waals surface area (Å²) in [5, 5.41) is 0. The van der Waals surface area contributed by atoms with Gasteiger partial charge in [0, 0.05) is 19.4 Å². The molecule has 0 atom stereocenters. The molecule has 3 rings (SSSR count). The second kappa shape index (κ2) is 4.72. The highest BCUT2D eigenvalue weighted by Crippen LogP contribution is 2.33. The van der Waals surface area contributed by atoms with Gasteiger partial charge in [-0.25, -0.2) is 0 Å². The topological polar surface area (TPSA) is 36.4 Å². The Bertz CT molecular complexity index is 597. The summed E-state index contributed by atoms with van der Waals surface area (Å²) in [5.41, 5.74) is 3.09. The number of rotatable bonds is 2. The number of hydrogen-bond donors (Lipinski definition) is 0. The Kier molecular flexibility index (Phi) is 2.91. The van der Waals surface area contributed by atoms with E-state index in [9.17, 15) is 4.79 Å². The zero-order chi connectivity index (χ0) is 13.2. The van der Waals surface area contributed by atoms with Crippen LogP contribution in [0.1, 0.15) is 5.56 Å². The van der Waals surface area contributed by atoms with E-state index < -0.39 is 0 Å². The van der Waals surface area contributed by atoms with Gasteiger partial charge in [-0.1, -0.05) is 18.2 Å². The molecule has 4 nitrogen and oxygen atoms in total. The normalized spacial score (nSPS) is 14.5. The Labute approximate surface area is 112 Å². The second-order valence-corrected chi connectivity index (χ2v) is 4.69. The first kappa shape index (κ1) is 11.7. The molecule has 0 fully saturated rings. The molecule has 0 radical (unpaired) electrons. The number of aromatic nitrogens is 1. The highest BCUT2D eigenvalue weighted by molar-refractivity contribution is 6.02. The van der Waals surface area contributed by atoms with E-state index in [1.807, 2.05) is 53.2 Å². The van der Waals surface area contributed by atoms with E-state index in [1.165, 1.54) is 0 Å². The van der Waals surface area contributed by atoms with E-state index in [4.69, 9.17) is 0 Å². The monoisotopic (exact) mass is 253 g/mol. The number of nitrogens with zero attached hydrogens (tertiary/aromatic N) is 3. The zero-order valence-corrected chi connectivity index (χ0v) is 10.8. The van der Waals surface area contributed by atoms with E-state index in [0.29, 0.717) is 13.1 Å². The first-order valence-corrected chi connectivity index (χ1v) is 6.25. The van der Waals surface area contributed by atoms with Gasteiger partial charge in [-0.2, -0.15) is 0 Å². The third-order valence-electron chi connectivity index (χ3n) is 3.32. The average Bonchev–Trinajstić information content (AvgIpc) is 2.45. The van der Waals surface area contributed by atoms with Gasteiger partial charge in [0.15, 0.2) is 0 Å². The van der Waals surface area contributed by atoms with Gasteiger partial charge in [0.2, 0.25) is 5.91 Å². The Morgan fingerprint density at radius 1 is 1.16 bits per heavy atom. The van der Waals surface area contributed by atoms with Crippen molar-refractivity contribution in [3.63, 3.8) is 0 Å². The van der Waals surface area contributed by atoms with Gasteiger partial charge < -0.3 is 9.80 Å². The Balaban J connectivity index is 1.97. The molecular formula is C15H15N3O. The van der Waals surface area contributed by atoms with Crippen molar-refractivity contribution in [3.05, 3.63) is 54.4 Å². The zero-order valence-electron chi connectivity index (χ0n) is 10.8. The molecule has 0 unspecified atom stereocenters. The minimum absolute atomic E-state index is 0.116. The molecule has 1 aliphatic heterocycles. The highest BCUT2D eigenvalue weighted by Gasteiger charge is 2.26. The number of carbonyl (C=O) groups is 1. The lowest BCUT2D eigenvalue weighted by Crippen LogP contribution is -2.43. The molecule has 0 saturated heterocycles. The highest BCUT2D eigenvalue weighted by atomic mass is 16.2. The van der Waals surface area contributed by atoms with Crippen LogP contribution in [0.4, 0.5) is 11.4 Å². The average molecular weight is 253 g/mol. The summed E-state index contributed by atoms with van der Waals surface area (Å²) in [6.07, 6.45) is 3.54. The van der Waals surface area contributed by atoms with Gasteiger partial charge in [0.05, 0.1) is 24.5 Å². The number of carbonyl (C=O) groups excluding carboxylic acids is 1. The molecule has 0 saturated carbocycles. The molecule has 1 aliphatic rings. The lowest BCUT2D eigenvalue weighted by molar-refractivity contribution is -0.117. The van der Waals surface area contributed by atoms with Crippen molar-refractivity contribution < 1.29 is 4.79 Å². The van der Waals surface area contributed by atoms with Crippen LogP contribution in [0.25, 0.3) is 0 Å². The van der Waals surface area contributed by atoms with Crippen molar-refractivity contribution in [2.75, 3.05) is 23.4 Å². The standard InChI is InChI=1S/C15H15N3O/c1-17-11-15(19)18(10-12-5-4-8-16-9-12)14-7-3-2-6-13(14)17/h2-9H,10-11H2,1H3. The van der Waals surface area contributed by atoms with Gasteiger partial charge in [0.1, 0.15) is 0 Å². The van der Waals surface area contributed by atoms with Crippen LogP contribution < -0.4 is 9.80 Å². The molecule has 2 heterocycles. The molecule has 96 valence electrons. The predicted octanol–water partition coefficient (Wildman–Crippen LogP) is 2.06. The Morgan fingerprint density at radius 3 is 2.68 bits per heavy atom. The molecule has 1 aromatic heterocycles. The van der Waals surface area contributed by atoms with E-state index in [-0.39, 0.29) is 5.91 Å². The van der Waals surface area contributed by atoms with Crippen molar-refractivity contribution in [3.8, 4) is 0 Å². The van der Waals surface area contributed by atoms with Crippen LogP contribution in [0.5, 0.6) is 0 Å². The maximum absolute atomic E-state index is 12.2. The fraction of sp³-hybridized carbons (Fsp3) is 0.200. The summed E-state index contributed by atoms with van der Waals surface area (Å²) < 4.78 is 0. The van der Waals surface area contributed by atoms with Gasteiger partial charge in [-0.15, -0.1) is 0 Å². The lowest BCUT2D eigenvalue weighted by Gasteiger charge is -2.35. The van der Waals surface area contributed by atoms with E-state index in [0.717, 1.165) is 16.9 Å². The van der Waals surface area contributed by atoms with Crippen LogP contribution in [-0.4, -0.2) is 24.5 Å². The van der Waals surface area contributed by atoms with Crippen LogP contribution in [0.2, 0.25) is 0 Å². The SMILES string of the molecule is CN1CC(=O)N(Cc2cccnc2)c2ccccc21. The fourth-order valence-electron chi connectivity index (χ4n) is 2.37. The number of fused-ring (bicyclic) bond motifs is 1. The predicted molar refractivity (Wildman–Crippen MR) is 75.1 cm³/mol. The molecule has 0 N–H and O–H groups in total. The van der Waals surface area contributed by atoms with E-state index in [2.05, 4.69) is 4.98 Å². The number of pyridine rings is 1. The van der Waals surface area contributed by atoms with Gasteiger partial charge in [0.25, 0.3) is 0 Å². The number of amides is 1. The smallest absolute Gasteiger partial charge is 0.246 e. The summed E-state index contributed by atoms with van der Waals surface area (Å²) in [6, 6.07) is 11.9. The number of anilines is 2. The summed E-state index contributed by atoms with van der Waals surface area (Å²) in [7, 11) is 1.94. The quantitative estimate of drug-likeness (QED) is 0.822. The molecular weight excluding hydrogens is 238 g/mol. The number of benzene rings is 1. The van der Waals surface area contributed by atoms with Crippen LogP contribution in [0.15, 0.2) is 48.8 Å². The Hall–Kier alpha value is -2.36. The maximum Gasteiger partial charge on any atom is 0.246 e. The minimum Gasteiger partial charge on any atom is -0.364 e. The molecule has 19 heavy (non-hydrogen) atoms. The van der Waals surface area contributed by atoms with E-state index in [1.54, 1.807) is 12.4 Å². The molecule has 0 aliphatic carbocycles. The lowest BCUT2D eigenvalue weighted by atomic mass is 10.1. The third-order valence-corrected chi connectivity index (χ3v) is 3.32. The summed E-state index contributed by atoms with van der Waals surface area (Å²) in [5.74, 6) is 0.116. The van der Waals surface area contributed by atoms with Crippen molar-refractivity contribution in [1.29, 1.82) is 0 Å². The summed E-state index contributed by atoms with van der Waals surface area (Å²) >= 11 is 0. The largest absolute Gasteiger partial charge is 0.364 e. The second-order valence-electron chi connectivity index (χ2n) is 4.69. The minimum atomic E-state index is 0.116. The third kappa shape index (κ3) is 2.17. The van der Waals surface area contributed by atoms with Gasteiger partial charge in [-0.3, -0.25) is 9.78 Å². The molecule has 1 aromatic carbocycles. The van der Waals surface area contributed by atoms with Gasteiger partial charge >= 0.3 is 0 Å².